The first kappa shape index (κ1) is 76.5. The van der Waals surface area contributed by atoms with Gasteiger partial charge in [-0.05, 0) is 135 Å². The van der Waals surface area contributed by atoms with E-state index in [0.717, 1.165) is 135 Å². The summed E-state index contributed by atoms with van der Waals surface area (Å²) in [6.45, 7) is 6.39. The number of carbonyl (C=O) groups excluding carboxylic acids is 3. The Hall–Kier alpha value is -4.45. The molecule has 0 N–H and O–H groups in total. The summed E-state index contributed by atoms with van der Waals surface area (Å²) in [5.74, 6) is -0.934. The summed E-state index contributed by atoms with van der Waals surface area (Å²) >= 11 is 0. The standard InChI is InChI=1S/C75H124O6/c1-4-7-10-13-16-19-22-25-28-31-34-36-37-39-41-44-47-50-53-56-59-62-65-68-74(77)80-71-72(70-79-73(76)67-64-61-58-55-52-49-46-43-40-33-30-27-24-21-18-15-12-9-6-3)81-75(78)69-66-63-60-57-54-51-48-45-42-38-35-32-29-26-23-20-17-14-11-8-5-2/h8-9,11-12,17-18,20-22,25-27,29-31,34-35,38,40,43,49,52,72H,4-7,10,13-16,19,23-24,28,32-33,36-37,39,41-42,44-48,50-51,53-71H2,1-3H3/b11-8-,12-9-,20-17-,21-18-,25-22-,29-26-,30-27-,34-31-,38-35-,43-40-,52-49-. The summed E-state index contributed by atoms with van der Waals surface area (Å²) in [4.78, 5) is 38.4. The lowest BCUT2D eigenvalue weighted by Gasteiger charge is -2.18. The molecular formula is C75H124O6. The second kappa shape index (κ2) is 68.1. The molecule has 0 aromatic heterocycles. The third-order valence-corrected chi connectivity index (χ3v) is 14.1. The Morgan fingerprint density at radius 3 is 0.765 bits per heavy atom. The predicted molar refractivity (Wildman–Crippen MR) is 353 cm³/mol. The average molecular weight is 1120 g/mol. The van der Waals surface area contributed by atoms with Crippen molar-refractivity contribution in [2.75, 3.05) is 13.2 Å². The summed E-state index contributed by atoms with van der Waals surface area (Å²) in [7, 11) is 0. The summed E-state index contributed by atoms with van der Waals surface area (Å²) in [5, 5.41) is 0. The van der Waals surface area contributed by atoms with Crippen molar-refractivity contribution in [3.05, 3.63) is 134 Å². The summed E-state index contributed by atoms with van der Waals surface area (Å²) in [6.07, 6.45) is 96.0. The van der Waals surface area contributed by atoms with E-state index < -0.39 is 6.10 Å². The van der Waals surface area contributed by atoms with Crippen LogP contribution < -0.4 is 0 Å². The highest BCUT2D eigenvalue weighted by molar-refractivity contribution is 5.71. The number of hydrogen-bond acceptors (Lipinski definition) is 6. The molecule has 0 aliphatic rings. The third kappa shape index (κ3) is 66.2. The Morgan fingerprint density at radius 1 is 0.259 bits per heavy atom. The maximum absolute atomic E-state index is 13.0. The van der Waals surface area contributed by atoms with E-state index in [1.54, 1.807) is 0 Å². The molecule has 0 heterocycles. The monoisotopic (exact) mass is 1120 g/mol. The maximum atomic E-state index is 13.0. The molecule has 6 nitrogen and oxygen atoms in total. The van der Waals surface area contributed by atoms with Gasteiger partial charge < -0.3 is 14.2 Å². The van der Waals surface area contributed by atoms with Gasteiger partial charge >= 0.3 is 17.9 Å². The van der Waals surface area contributed by atoms with Crippen molar-refractivity contribution >= 4 is 17.9 Å². The smallest absolute Gasteiger partial charge is 0.306 e. The van der Waals surface area contributed by atoms with Gasteiger partial charge in [-0.25, -0.2) is 0 Å². The highest BCUT2D eigenvalue weighted by atomic mass is 16.6. The molecule has 0 spiro atoms. The van der Waals surface area contributed by atoms with Crippen molar-refractivity contribution < 1.29 is 28.6 Å². The van der Waals surface area contributed by atoms with E-state index in [-0.39, 0.29) is 31.1 Å². The lowest BCUT2D eigenvalue weighted by Crippen LogP contribution is -2.30. The SMILES string of the molecule is CC/C=C\C/C=C\C/C=C\C/C=C\C/C=C\CCCCCC(=O)OCC(COC(=O)CCCCCCCCCCCCC/C=C\C/C=C\CCCCCCC)OC(=O)CCCCCCCCCC/C=C\C/C=C\C/C=C\C/C=C\CC. The maximum Gasteiger partial charge on any atom is 0.306 e. The zero-order valence-corrected chi connectivity index (χ0v) is 52.8. The van der Waals surface area contributed by atoms with Gasteiger partial charge in [-0.15, -0.1) is 0 Å². The summed E-state index contributed by atoms with van der Waals surface area (Å²) in [6, 6.07) is 0. The normalized spacial score (nSPS) is 13.0. The molecular weight excluding hydrogens is 997 g/mol. The number of esters is 3. The minimum atomic E-state index is -0.804. The van der Waals surface area contributed by atoms with Crippen LogP contribution in [0.25, 0.3) is 0 Å². The van der Waals surface area contributed by atoms with Crippen LogP contribution in [-0.4, -0.2) is 37.2 Å². The Labute approximate surface area is 500 Å². The number of unbranched alkanes of at least 4 members (excludes halogenated alkanes) is 27. The van der Waals surface area contributed by atoms with Gasteiger partial charge in [0.2, 0.25) is 0 Å². The summed E-state index contributed by atoms with van der Waals surface area (Å²) < 4.78 is 16.9. The third-order valence-electron chi connectivity index (χ3n) is 14.1. The Balaban J connectivity index is 4.46. The number of ether oxygens (including phenoxy) is 3. The lowest BCUT2D eigenvalue weighted by molar-refractivity contribution is -0.167. The lowest BCUT2D eigenvalue weighted by atomic mass is 10.0. The highest BCUT2D eigenvalue weighted by Gasteiger charge is 2.19. The van der Waals surface area contributed by atoms with Crippen molar-refractivity contribution in [3.63, 3.8) is 0 Å². The van der Waals surface area contributed by atoms with Crippen LogP contribution in [0.5, 0.6) is 0 Å². The largest absolute Gasteiger partial charge is 0.462 e. The second-order valence-corrected chi connectivity index (χ2v) is 22.0. The van der Waals surface area contributed by atoms with Crippen LogP contribution in [0.1, 0.15) is 303 Å². The van der Waals surface area contributed by atoms with Crippen molar-refractivity contribution in [1.82, 2.24) is 0 Å². The number of allylic oxidation sites excluding steroid dienone is 22. The fourth-order valence-electron chi connectivity index (χ4n) is 9.14. The first-order valence-corrected chi connectivity index (χ1v) is 33.7. The molecule has 0 saturated carbocycles. The van der Waals surface area contributed by atoms with Crippen molar-refractivity contribution in [2.45, 2.75) is 309 Å². The van der Waals surface area contributed by atoms with E-state index in [2.05, 4.69) is 154 Å². The van der Waals surface area contributed by atoms with Crippen LogP contribution in [0.2, 0.25) is 0 Å². The number of rotatable bonds is 60. The van der Waals surface area contributed by atoms with E-state index in [1.807, 2.05) is 0 Å². The predicted octanol–water partition coefficient (Wildman–Crippen LogP) is 23.3. The second-order valence-electron chi connectivity index (χ2n) is 22.0. The fraction of sp³-hybridized carbons (Fsp3) is 0.667. The molecule has 1 unspecified atom stereocenters. The first-order valence-electron chi connectivity index (χ1n) is 33.7. The van der Waals surface area contributed by atoms with E-state index in [9.17, 15) is 14.4 Å². The molecule has 0 aromatic rings. The van der Waals surface area contributed by atoms with Crippen LogP contribution in [-0.2, 0) is 28.6 Å². The van der Waals surface area contributed by atoms with Crippen LogP contribution >= 0.6 is 0 Å². The Morgan fingerprint density at radius 2 is 0.481 bits per heavy atom. The molecule has 0 saturated heterocycles. The number of hydrogen-bond donors (Lipinski definition) is 0. The van der Waals surface area contributed by atoms with Gasteiger partial charge in [0.15, 0.2) is 6.10 Å². The van der Waals surface area contributed by atoms with Gasteiger partial charge in [0.25, 0.3) is 0 Å². The highest BCUT2D eigenvalue weighted by Crippen LogP contribution is 2.16. The molecule has 460 valence electrons. The Bertz CT molecular complexity index is 1720. The van der Waals surface area contributed by atoms with E-state index in [0.29, 0.717) is 19.3 Å². The van der Waals surface area contributed by atoms with Crippen molar-refractivity contribution in [1.29, 1.82) is 0 Å². The van der Waals surface area contributed by atoms with Gasteiger partial charge in [-0.2, -0.15) is 0 Å². The molecule has 6 heteroatoms. The van der Waals surface area contributed by atoms with Gasteiger partial charge in [-0.1, -0.05) is 283 Å². The molecule has 0 rings (SSSR count). The zero-order chi connectivity index (χ0) is 58.5. The number of carbonyl (C=O) groups is 3. The van der Waals surface area contributed by atoms with Crippen molar-refractivity contribution in [2.24, 2.45) is 0 Å². The van der Waals surface area contributed by atoms with Crippen LogP contribution in [0, 0.1) is 0 Å². The molecule has 0 aliphatic carbocycles. The molecule has 0 radical (unpaired) electrons. The molecule has 0 fully saturated rings. The molecule has 81 heavy (non-hydrogen) atoms. The van der Waals surface area contributed by atoms with Crippen LogP contribution in [0.4, 0.5) is 0 Å². The quantitative estimate of drug-likeness (QED) is 0.0261. The minimum Gasteiger partial charge on any atom is -0.462 e. The van der Waals surface area contributed by atoms with E-state index in [4.69, 9.17) is 14.2 Å². The molecule has 0 aromatic carbocycles. The molecule has 1 atom stereocenters. The average Bonchev–Trinajstić information content (AvgIpc) is 3.47. The van der Waals surface area contributed by atoms with Crippen LogP contribution in [0.15, 0.2) is 134 Å². The molecule has 0 bridgehead atoms. The summed E-state index contributed by atoms with van der Waals surface area (Å²) in [5.41, 5.74) is 0. The topological polar surface area (TPSA) is 78.9 Å². The van der Waals surface area contributed by atoms with Gasteiger partial charge in [0.05, 0.1) is 0 Å². The first-order chi connectivity index (χ1) is 40.0. The van der Waals surface area contributed by atoms with E-state index in [1.165, 1.54) is 128 Å². The van der Waals surface area contributed by atoms with Gasteiger partial charge in [0, 0.05) is 19.3 Å². The van der Waals surface area contributed by atoms with Gasteiger partial charge in [-0.3, -0.25) is 14.4 Å². The van der Waals surface area contributed by atoms with E-state index >= 15 is 0 Å². The van der Waals surface area contributed by atoms with Gasteiger partial charge in [0.1, 0.15) is 13.2 Å². The van der Waals surface area contributed by atoms with Crippen molar-refractivity contribution in [3.8, 4) is 0 Å². The zero-order valence-electron chi connectivity index (χ0n) is 52.8. The Kier molecular flexibility index (Phi) is 64.3. The fourth-order valence-corrected chi connectivity index (χ4v) is 9.14. The minimum absolute atomic E-state index is 0.0962. The molecule has 0 aliphatic heterocycles. The molecule has 0 amide bonds. The van der Waals surface area contributed by atoms with Crippen LogP contribution in [0.3, 0.4) is 0 Å².